The van der Waals surface area contributed by atoms with E-state index in [1.807, 2.05) is 0 Å². The Labute approximate surface area is 173 Å². The van der Waals surface area contributed by atoms with E-state index in [0.29, 0.717) is 34.3 Å². The molecule has 0 aliphatic carbocycles. The second kappa shape index (κ2) is 7.53. The molecule has 0 aromatic heterocycles. The molecule has 0 radical (unpaired) electrons. The molecule has 9 heteroatoms. The first-order valence-electron chi connectivity index (χ1n) is 5.55. The average molecular weight is 642 g/mol. The van der Waals surface area contributed by atoms with Crippen LogP contribution in [0.2, 0.25) is 5.02 Å². The van der Waals surface area contributed by atoms with Crippen LogP contribution in [-0.4, -0.2) is 11.2 Å². The monoisotopic (exact) mass is 637 g/mol. The van der Waals surface area contributed by atoms with Gasteiger partial charge in [0.1, 0.15) is 0 Å². The number of hydrogen-bond acceptors (Lipinski definition) is 1. The summed E-state index contributed by atoms with van der Waals surface area (Å²) in [6.45, 7) is 0. The number of carboxylic acid groups (broad SMARTS) is 1. The molecule has 22 heavy (non-hydrogen) atoms. The van der Waals surface area contributed by atoms with E-state index in [4.69, 9.17) is 11.6 Å². The molecule has 116 valence electrons. The molecule has 0 saturated heterocycles. The zero-order valence-electron chi connectivity index (χ0n) is 10.4. The summed E-state index contributed by atoms with van der Waals surface area (Å²) in [4.78, 5) is 13.0. The number of halogens is 6. The van der Waals surface area contributed by atoms with Crippen LogP contribution >= 0.6 is 91.3 Å². The minimum absolute atomic E-state index is 0.428. The van der Waals surface area contributed by atoms with Crippen LogP contribution in [-0.2, 0) is 0 Å². The quantitative estimate of drug-likeness (QED) is 0.267. The fourth-order valence-electron chi connectivity index (χ4n) is 1.74. The summed E-state index contributed by atoms with van der Waals surface area (Å²) in [5.74, 6) is 0. The molecule has 1 amide bonds. The van der Waals surface area contributed by atoms with Crippen molar-refractivity contribution < 1.29 is 9.90 Å². The molecule has 2 rings (SSSR count). The van der Waals surface area contributed by atoms with Crippen molar-refractivity contribution in [3.05, 3.63) is 51.7 Å². The van der Waals surface area contributed by atoms with Crippen molar-refractivity contribution in [1.29, 1.82) is 0 Å². The van der Waals surface area contributed by atoms with Crippen LogP contribution in [0.5, 0.6) is 0 Å². The second-order valence-corrected chi connectivity index (χ2v) is 8.42. The number of amides is 1. The van der Waals surface area contributed by atoms with E-state index >= 15 is 0 Å². The van der Waals surface area contributed by atoms with Crippen molar-refractivity contribution in [2.45, 2.75) is 0 Å². The Balaban J connectivity index is 2.78. The molecule has 0 heterocycles. The van der Waals surface area contributed by atoms with E-state index < -0.39 is 6.09 Å². The molecular formula is C13H5Br5ClNO2. The zero-order chi connectivity index (χ0) is 16.6. The van der Waals surface area contributed by atoms with E-state index in [2.05, 4.69) is 79.6 Å². The second-order valence-electron chi connectivity index (χ2n) is 4.02. The fraction of sp³-hybridized carbons (Fsp3) is 0. The van der Waals surface area contributed by atoms with Gasteiger partial charge in [0.05, 0.1) is 20.3 Å². The lowest BCUT2D eigenvalue weighted by atomic mass is 10.2. The highest BCUT2D eigenvalue weighted by atomic mass is 79.9. The third-order valence-corrected chi connectivity index (χ3v) is 8.95. The molecular weight excluding hydrogens is 637 g/mol. The van der Waals surface area contributed by atoms with Crippen LogP contribution in [0.15, 0.2) is 46.6 Å². The van der Waals surface area contributed by atoms with E-state index in [9.17, 15) is 9.90 Å². The van der Waals surface area contributed by atoms with Gasteiger partial charge in [-0.05, 0) is 97.8 Å². The van der Waals surface area contributed by atoms with Crippen molar-refractivity contribution in [3.8, 4) is 0 Å². The van der Waals surface area contributed by atoms with Gasteiger partial charge in [-0.15, -0.1) is 0 Å². The van der Waals surface area contributed by atoms with Crippen molar-refractivity contribution in [1.82, 2.24) is 0 Å². The van der Waals surface area contributed by atoms with Crippen LogP contribution in [0.1, 0.15) is 0 Å². The minimum Gasteiger partial charge on any atom is -0.464 e. The number of rotatable bonds is 2. The van der Waals surface area contributed by atoms with Crippen molar-refractivity contribution in [2.75, 3.05) is 4.90 Å². The Morgan fingerprint density at radius 3 is 1.91 bits per heavy atom. The highest BCUT2D eigenvalue weighted by Crippen LogP contribution is 2.50. The average Bonchev–Trinajstić information content (AvgIpc) is 2.47. The Kier molecular flexibility index (Phi) is 6.41. The lowest BCUT2D eigenvalue weighted by Gasteiger charge is -2.24. The first-order valence-corrected chi connectivity index (χ1v) is 9.90. The van der Waals surface area contributed by atoms with Crippen LogP contribution in [0.3, 0.4) is 0 Å². The van der Waals surface area contributed by atoms with Gasteiger partial charge in [-0.25, -0.2) is 9.69 Å². The van der Waals surface area contributed by atoms with Gasteiger partial charge in [-0.1, -0.05) is 17.7 Å². The van der Waals surface area contributed by atoms with E-state index in [-0.39, 0.29) is 0 Å². The Morgan fingerprint density at radius 1 is 0.955 bits per heavy atom. The molecule has 1 N–H and O–H groups in total. The fourth-order valence-corrected chi connectivity index (χ4v) is 5.30. The number of benzene rings is 2. The van der Waals surface area contributed by atoms with E-state index in [0.717, 1.165) is 9.37 Å². The lowest BCUT2D eigenvalue weighted by molar-refractivity contribution is 0.204. The van der Waals surface area contributed by atoms with E-state index in [1.165, 1.54) is 0 Å². The Bertz CT molecular complexity index is 739. The van der Waals surface area contributed by atoms with Crippen LogP contribution in [0.25, 0.3) is 0 Å². The van der Waals surface area contributed by atoms with Gasteiger partial charge in [0, 0.05) is 18.4 Å². The largest absolute Gasteiger partial charge is 0.464 e. The maximum Gasteiger partial charge on any atom is 0.416 e. The summed E-state index contributed by atoms with van der Waals surface area (Å²) < 4.78 is 3.29. The molecule has 0 bridgehead atoms. The number of nitrogens with zero attached hydrogens (tertiary/aromatic N) is 1. The lowest BCUT2D eigenvalue weighted by Crippen LogP contribution is -2.24. The molecule has 0 spiro atoms. The highest BCUT2D eigenvalue weighted by molar-refractivity contribution is 9.15. The predicted molar refractivity (Wildman–Crippen MR) is 107 cm³/mol. The van der Waals surface area contributed by atoms with Gasteiger partial charge < -0.3 is 5.11 Å². The summed E-state index contributed by atoms with van der Waals surface area (Å²) in [7, 11) is 0. The molecule has 3 nitrogen and oxygen atoms in total. The molecule has 2 aromatic carbocycles. The summed E-state index contributed by atoms with van der Waals surface area (Å²) in [6.07, 6.45) is -1.13. The summed E-state index contributed by atoms with van der Waals surface area (Å²) in [5.41, 5.74) is 0.860. The topological polar surface area (TPSA) is 40.5 Å². The Hall–Kier alpha value is 0.400. The summed E-state index contributed by atoms with van der Waals surface area (Å²) >= 11 is 23.1. The molecule has 0 aliphatic rings. The predicted octanol–water partition coefficient (Wildman–Crippen LogP) is 7.97. The maximum absolute atomic E-state index is 11.8. The smallest absolute Gasteiger partial charge is 0.416 e. The SMILES string of the molecule is O=C(O)N(c1cccc(Cl)c1)c1c(Br)c(Br)c(Br)c(Br)c1Br. The molecule has 0 aliphatic heterocycles. The number of carbonyl (C=O) groups is 1. The molecule has 0 fully saturated rings. The van der Waals surface area contributed by atoms with Gasteiger partial charge in [-0.3, -0.25) is 0 Å². The summed E-state index contributed by atoms with van der Waals surface area (Å²) in [5, 5.41) is 10.1. The highest BCUT2D eigenvalue weighted by Gasteiger charge is 2.27. The van der Waals surface area contributed by atoms with Gasteiger partial charge in [-0.2, -0.15) is 0 Å². The number of anilines is 2. The summed E-state index contributed by atoms with van der Waals surface area (Å²) in [6, 6.07) is 6.63. The normalized spacial score (nSPS) is 10.6. The van der Waals surface area contributed by atoms with E-state index in [1.54, 1.807) is 24.3 Å². The maximum atomic E-state index is 11.8. The minimum atomic E-state index is -1.13. The zero-order valence-corrected chi connectivity index (χ0v) is 19.1. The van der Waals surface area contributed by atoms with Crippen molar-refractivity contribution in [3.63, 3.8) is 0 Å². The van der Waals surface area contributed by atoms with Gasteiger partial charge in [0.2, 0.25) is 0 Å². The first-order chi connectivity index (χ1) is 10.3. The third kappa shape index (κ3) is 3.57. The van der Waals surface area contributed by atoms with Crippen molar-refractivity contribution >= 4 is 109 Å². The standard InChI is InChI=1S/C13H5Br5ClNO2/c14-7-8(15)10(17)12(11(18)9(7)16)20(13(21)22)6-3-1-2-5(19)4-6/h1-4H,(H,21,22). The third-order valence-electron chi connectivity index (χ3n) is 2.67. The molecule has 0 unspecified atom stereocenters. The molecule has 0 saturated carbocycles. The van der Waals surface area contributed by atoms with Gasteiger partial charge >= 0.3 is 6.09 Å². The van der Waals surface area contributed by atoms with Gasteiger partial charge in [0.15, 0.2) is 0 Å². The van der Waals surface area contributed by atoms with Crippen LogP contribution in [0.4, 0.5) is 16.2 Å². The molecule has 0 atom stereocenters. The number of hydrogen-bond donors (Lipinski definition) is 1. The van der Waals surface area contributed by atoms with Gasteiger partial charge in [0.25, 0.3) is 0 Å². The van der Waals surface area contributed by atoms with Crippen molar-refractivity contribution in [2.24, 2.45) is 0 Å². The molecule has 2 aromatic rings. The Morgan fingerprint density at radius 2 is 1.45 bits per heavy atom. The van der Waals surface area contributed by atoms with Crippen LogP contribution < -0.4 is 4.90 Å². The first kappa shape index (κ1) is 18.7. The van der Waals surface area contributed by atoms with Crippen LogP contribution in [0, 0.1) is 0 Å².